The van der Waals surface area contributed by atoms with Crippen molar-refractivity contribution in [3.05, 3.63) is 120 Å². The van der Waals surface area contributed by atoms with Gasteiger partial charge in [-0.15, -0.1) is 0 Å². The van der Waals surface area contributed by atoms with Gasteiger partial charge in [0.05, 0.1) is 10.6 Å². The molecular weight excluding hydrogens is 484 g/mol. The number of aryl methyl sites for hydroxylation is 1. The SMILES string of the molecule is Cc1ccc2cc(Oc3ccccc3NC(=O)c3ccc(-c4ccccc4S(N)(=O)=O)cc3)ccc2c1. The molecule has 0 heterocycles. The largest absolute Gasteiger partial charge is 0.455 e. The van der Waals surface area contributed by atoms with Crippen LogP contribution in [0.4, 0.5) is 5.69 Å². The summed E-state index contributed by atoms with van der Waals surface area (Å²) in [6, 6.07) is 32.5. The van der Waals surface area contributed by atoms with E-state index in [4.69, 9.17) is 9.88 Å². The van der Waals surface area contributed by atoms with Crippen LogP contribution in [0.25, 0.3) is 21.9 Å². The number of ether oxygens (including phenoxy) is 1. The summed E-state index contributed by atoms with van der Waals surface area (Å²) in [7, 11) is -3.89. The maximum Gasteiger partial charge on any atom is 0.255 e. The molecule has 0 saturated carbocycles. The number of hydrogen-bond donors (Lipinski definition) is 2. The van der Waals surface area contributed by atoms with E-state index in [2.05, 4.69) is 30.4 Å². The highest BCUT2D eigenvalue weighted by Gasteiger charge is 2.16. The van der Waals surface area contributed by atoms with E-state index in [1.54, 1.807) is 54.6 Å². The number of para-hydroxylation sites is 2. The van der Waals surface area contributed by atoms with Crippen molar-refractivity contribution in [2.75, 3.05) is 5.32 Å². The summed E-state index contributed by atoms with van der Waals surface area (Å²) in [5, 5.41) is 10.5. The van der Waals surface area contributed by atoms with Gasteiger partial charge in [0.15, 0.2) is 5.75 Å². The fourth-order valence-corrected chi connectivity index (χ4v) is 4.90. The Morgan fingerprint density at radius 2 is 1.46 bits per heavy atom. The van der Waals surface area contributed by atoms with Crippen LogP contribution in [0.2, 0.25) is 0 Å². The molecule has 37 heavy (non-hydrogen) atoms. The number of benzene rings is 5. The number of rotatable bonds is 6. The lowest BCUT2D eigenvalue weighted by Crippen LogP contribution is -2.13. The Hall–Kier alpha value is -4.46. The topological polar surface area (TPSA) is 98.5 Å². The summed E-state index contributed by atoms with van der Waals surface area (Å²) in [5.74, 6) is 0.855. The van der Waals surface area contributed by atoms with E-state index in [-0.39, 0.29) is 10.8 Å². The first kappa shape index (κ1) is 24.2. The van der Waals surface area contributed by atoms with Gasteiger partial charge in [-0.1, -0.05) is 72.3 Å². The summed E-state index contributed by atoms with van der Waals surface area (Å²) in [5.41, 5.74) is 3.24. The van der Waals surface area contributed by atoms with E-state index in [1.165, 1.54) is 11.6 Å². The second-order valence-electron chi connectivity index (χ2n) is 8.68. The van der Waals surface area contributed by atoms with Crippen LogP contribution in [0.3, 0.4) is 0 Å². The number of carbonyl (C=O) groups is 1. The third kappa shape index (κ3) is 5.38. The number of amides is 1. The summed E-state index contributed by atoms with van der Waals surface area (Å²) >= 11 is 0. The first-order valence-corrected chi connectivity index (χ1v) is 13.1. The van der Waals surface area contributed by atoms with Gasteiger partial charge in [-0.25, -0.2) is 13.6 Å². The quantitative estimate of drug-likeness (QED) is 0.273. The lowest BCUT2D eigenvalue weighted by Gasteiger charge is -2.13. The van der Waals surface area contributed by atoms with Crippen LogP contribution in [0.5, 0.6) is 11.5 Å². The molecule has 0 fully saturated rings. The Labute approximate surface area is 215 Å². The predicted molar refractivity (Wildman–Crippen MR) is 146 cm³/mol. The fourth-order valence-electron chi connectivity index (χ4n) is 4.14. The molecule has 5 aromatic carbocycles. The highest BCUT2D eigenvalue weighted by Crippen LogP contribution is 2.32. The molecule has 3 N–H and O–H groups in total. The summed E-state index contributed by atoms with van der Waals surface area (Å²) in [6.07, 6.45) is 0. The van der Waals surface area contributed by atoms with Gasteiger partial charge in [0, 0.05) is 11.1 Å². The monoisotopic (exact) mass is 508 g/mol. The molecule has 0 unspecified atom stereocenters. The van der Waals surface area contributed by atoms with Gasteiger partial charge in [0.25, 0.3) is 5.91 Å². The van der Waals surface area contributed by atoms with Gasteiger partial charge >= 0.3 is 0 Å². The van der Waals surface area contributed by atoms with Crippen LogP contribution in [-0.2, 0) is 10.0 Å². The van der Waals surface area contributed by atoms with Crippen molar-refractivity contribution in [1.82, 2.24) is 0 Å². The molecule has 0 aliphatic heterocycles. The van der Waals surface area contributed by atoms with Crippen molar-refractivity contribution in [2.24, 2.45) is 5.14 Å². The van der Waals surface area contributed by atoms with E-state index in [1.807, 2.05) is 30.3 Å². The molecule has 0 aliphatic carbocycles. The third-order valence-electron chi connectivity index (χ3n) is 5.98. The van der Waals surface area contributed by atoms with E-state index in [9.17, 15) is 13.2 Å². The first-order valence-electron chi connectivity index (χ1n) is 11.6. The maximum absolute atomic E-state index is 13.0. The molecule has 1 amide bonds. The Balaban J connectivity index is 1.36. The van der Waals surface area contributed by atoms with Gasteiger partial charge in [0.2, 0.25) is 10.0 Å². The van der Waals surface area contributed by atoms with Crippen molar-refractivity contribution in [3.63, 3.8) is 0 Å². The van der Waals surface area contributed by atoms with Crippen LogP contribution >= 0.6 is 0 Å². The third-order valence-corrected chi connectivity index (χ3v) is 6.95. The average molecular weight is 509 g/mol. The molecule has 0 radical (unpaired) electrons. The number of carbonyl (C=O) groups excluding carboxylic acids is 1. The Morgan fingerprint density at radius 3 is 2.24 bits per heavy atom. The minimum absolute atomic E-state index is 0.0297. The van der Waals surface area contributed by atoms with Crippen LogP contribution < -0.4 is 15.2 Å². The Bertz CT molecular complexity index is 1730. The van der Waals surface area contributed by atoms with Gasteiger partial charge in [-0.3, -0.25) is 4.79 Å². The van der Waals surface area contributed by atoms with Crippen LogP contribution in [0.15, 0.2) is 114 Å². The minimum atomic E-state index is -3.89. The van der Waals surface area contributed by atoms with Crippen LogP contribution in [0.1, 0.15) is 15.9 Å². The number of nitrogens with two attached hydrogens (primary N) is 1. The van der Waals surface area contributed by atoms with Crippen molar-refractivity contribution in [3.8, 4) is 22.6 Å². The highest BCUT2D eigenvalue weighted by molar-refractivity contribution is 7.89. The molecule has 0 aliphatic rings. The van der Waals surface area contributed by atoms with Gasteiger partial charge in [-0.05, 0) is 65.7 Å². The minimum Gasteiger partial charge on any atom is -0.455 e. The zero-order valence-electron chi connectivity index (χ0n) is 20.0. The predicted octanol–water partition coefficient (Wildman–Crippen LogP) is 6.51. The molecule has 7 heteroatoms. The van der Waals surface area contributed by atoms with Gasteiger partial charge < -0.3 is 10.1 Å². The molecule has 184 valence electrons. The molecule has 5 aromatic rings. The molecular formula is C30H24N2O4S. The Kier molecular flexibility index (Phi) is 6.48. The number of nitrogens with one attached hydrogen (secondary N) is 1. The molecule has 0 atom stereocenters. The molecule has 0 aromatic heterocycles. The molecule has 0 saturated heterocycles. The first-order chi connectivity index (χ1) is 17.8. The van der Waals surface area contributed by atoms with Crippen molar-refractivity contribution in [1.29, 1.82) is 0 Å². The smallest absolute Gasteiger partial charge is 0.255 e. The number of anilines is 1. The Morgan fingerprint density at radius 1 is 0.784 bits per heavy atom. The highest BCUT2D eigenvalue weighted by atomic mass is 32.2. The van der Waals surface area contributed by atoms with Gasteiger partial charge in [0.1, 0.15) is 5.75 Å². The molecule has 0 bridgehead atoms. The second-order valence-corrected chi connectivity index (χ2v) is 10.2. The number of primary sulfonamides is 1. The lowest BCUT2D eigenvalue weighted by atomic mass is 10.0. The molecule has 5 rings (SSSR count). The van der Waals surface area contributed by atoms with E-state index in [0.29, 0.717) is 33.9 Å². The van der Waals surface area contributed by atoms with Crippen LogP contribution in [0, 0.1) is 6.92 Å². The normalized spacial score (nSPS) is 11.3. The number of sulfonamides is 1. The molecule has 6 nitrogen and oxygen atoms in total. The molecule has 0 spiro atoms. The summed E-state index contributed by atoms with van der Waals surface area (Å²) in [6.45, 7) is 2.06. The maximum atomic E-state index is 13.0. The van der Waals surface area contributed by atoms with Crippen molar-refractivity contribution < 1.29 is 17.9 Å². The second kappa shape index (κ2) is 9.89. The average Bonchev–Trinajstić information content (AvgIpc) is 2.89. The van der Waals surface area contributed by atoms with E-state index < -0.39 is 10.0 Å². The van der Waals surface area contributed by atoms with Gasteiger partial charge in [-0.2, -0.15) is 0 Å². The van der Waals surface area contributed by atoms with Crippen molar-refractivity contribution in [2.45, 2.75) is 11.8 Å². The zero-order chi connectivity index (χ0) is 26.0. The fraction of sp³-hybridized carbons (Fsp3) is 0.0333. The standard InChI is InChI=1S/C30H24N2O4S/c1-20-10-11-24-19-25(17-16-23(24)18-20)36-28-8-4-3-7-27(28)32-30(33)22-14-12-21(13-15-22)26-6-2-5-9-29(26)37(31,34)35/h2-19H,1H3,(H,32,33)(H2,31,34,35). The summed E-state index contributed by atoms with van der Waals surface area (Å²) < 4.78 is 30.0. The van der Waals surface area contributed by atoms with Crippen molar-refractivity contribution >= 4 is 32.4 Å². The number of hydrogen-bond acceptors (Lipinski definition) is 4. The van der Waals surface area contributed by atoms with E-state index in [0.717, 1.165) is 10.8 Å². The lowest BCUT2D eigenvalue weighted by molar-refractivity contribution is 0.102. The van der Waals surface area contributed by atoms with Crippen LogP contribution in [-0.4, -0.2) is 14.3 Å². The zero-order valence-corrected chi connectivity index (χ0v) is 20.8. The number of fused-ring (bicyclic) bond motifs is 1. The van der Waals surface area contributed by atoms with E-state index >= 15 is 0 Å². The summed E-state index contributed by atoms with van der Waals surface area (Å²) in [4.78, 5) is 13.0.